The van der Waals surface area contributed by atoms with Crippen molar-refractivity contribution in [2.24, 2.45) is 11.8 Å². The summed E-state index contributed by atoms with van der Waals surface area (Å²) < 4.78 is 23.3. The summed E-state index contributed by atoms with van der Waals surface area (Å²) in [5.74, 6) is -1.62. The van der Waals surface area contributed by atoms with Gasteiger partial charge in [-0.25, -0.2) is 0 Å². The lowest BCUT2D eigenvalue weighted by Crippen LogP contribution is -2.81. The summed E-state index contributed by atoms with van der Waals surface area (Å²) in [6, 6.07) is 7.84. The Bertz CT molecular complexity index is 826. The van der Waals surface area contributed by atoms with Gasteiger partial charge in [0.15, 0.2) is 0 Å². The molecule has 4 aliphatic rings. The highest BCUT2D eigenvalue weighted by Gasteiger charge is 2.80. The predicted octanol–water partition coefficient (Wildman–Crippen LogP) is 2.38. The topological polar surface area (TPSA) is 71.1 Å². The molecule has 0 aromatic heterocycles. The smallest absolute Gasteiger partial charge is 0.318 e. The summed E-state index contributed by atoms with van der Waals surface area (Å²) in [6.07, 6.45) is 3.57. The maximum atomic E-state index is 12.6. The summed E-state index contributed by atoms with van der Waals surface area (Å²) in [7, 11) is 0. The summed E-state index contributed by atoms with van der Waals surface area (Å²) in [4.78, 5) is 25.2. The minimum absolute atomic E-state index is 0.323. The average Bonchev–Trinajstić information content (AvgIpc) is 2.58. The lowest BCUT2D eigenvalue weighted by molar-refractivity contribution is -0.308. The summed E-state index contributed by atoms with van der Waals surface area (Å²) >= 11 is 0. The lowest BCUT2D eigenvalue weighted by atomic mass is 9.48. The van der Waals surface area contributed by atoms with Gasteiger partial charge in [0.2, 0.25) is 0 Å². The van der Waals surface area contributed by atoms with Crippen LogP contribution in [0.2, 0.25) is 0 Å². The first-order chi connectivity index (χ1) is 12.5. The van der Waals surface area contributed by atoms with E-state index in [4.69, 9.17) is 18.9 Å². The summed E-state index contributed by atoms with van der Waals surface area (Å²) in [5, 5.41) is 0. The molecule has 3 heterocycles. The van der Waals surface area contributed by atoms with E-state index in [1.54, 1.807) is 26.0 Å². The van der Waals surface area contributed by atoms with Crippen LogP contribution < -0.4 is 0 Å². The number of carbonyl (C=O) groups excluding carboxylic acids is 2. The molecule has 1 fully saturated rings. The third-order valence-electron chi connectivity index (χ3n) is 5.79. The fraction of sp³-hybridized carbons (Fsp3) is 0.400. The Kier molecular flexibility index (Phi) is 3.07. The number of hydrogen-bond donors (Lipinski definition) is 0. The monoisotopic (exact) mass is 354 g/mol. The molecule has 3 aliphatic heterocycles. The molecule has 2 spiro atoms. The standard InChI is InChI=1S/C20H18O6/c1-11-7-19-15(17(21)25-11)16-18(22)26-12(2)8-20(16,19)24-10-14-6-4-3-5-13(14)9-23-19/h3-8,15-16H,9-10H2,1-2H3. The minimum Gasteiger partial charge on any atom is -0.431 e. The molecule has 26 heavy (non-hydrogen) atoms. The van der Waals surface area contributed by atoms with Crippen LogP contribution in [0.3, 0.4) is 0 Å². The average molecular weight is 354 g/mol. The van der Waals surface area contributed by atoms with E-state index in [0.717, 1.165) is 11.1 Å². The van der Waals surface area contributed by atoms with E-state index < -0.39 is 35.0 Å². The number of rotatable bonds is 0. The van der Waals surface area contributed by atoms with Gasteiger partial charge in [-0.15, -0.1) is 0 Å². The second-order valence-electron chi connectivity index (χ2n) is 7.24. The van der Waals surface area contributed by atoms with Crippen molar-refractivity contribution in [1.29, 1.82) is 0 Å². The summed E-state index contributed by atoms with van der Waals surface area (Å²) in [5.41, 5.74) is -0.151. The Morgan fingerprint density at radius 3 is 1.65 bits per heavy atom. The molecule has 1 aromatic rings. The summed E-state index contributed by atoms with van der Waals surface area (Å²) in [6.45, 7) is 4.06. The first-order valence-electron chi connectivity index (χ1n) is 8.64. The van der Waals surface area contributed by atoms with Gasteiger partial charge in [-0.1, -0.05) is 24.3 Å². The number of esters is 2. The quantitative estimate of drug-likeness (QED) is 0.666. The highest BCUT2D eigenvalue weighted by molar-refractivity contribution is 5.92. The first kappa shape index (κ1) is 15.8. The van der Waals surface area contributed by atoms with Crippen molar-refractivity contribution in [3.63, 3.8) is 0 Å². The van der Waals surface area contributed by atoms with E-state index in [1.165, 1.54) is 0 Å². The van der Waals surface area contributed by atoms with Crippen molar-refractivity contribution < 1.29 is 28.5 Å². The molecule has 1 aliphatic carbocycles. The predicted molar refractivity (Wildman–Crippen MR) is 88.2 cm³/mol. The molecule has 1 aromatic carbocycles. The van der Waals surface area contributed by atoms with Crippen LogP contribution in [0.5, 0.6) is 0 Å². The molecule has 4 atom stereocenters. The number of carbonyl (C=O) groups is 2. The van der Waals surface area contributed by atoms with Gasteiger partial charge in [-0.3, -0.25) is 9.59 Å². The molecule has 1 saturated carbocycles. The number of allylic oxidation sites excluding steroid dienone is 2. The molecule has 0 amide bonds. The fourth-order valence-corrected chi connectivity index (χ4v) is 4.74. The van der Waals surface area contributed by atoms with Crippen LogP contribution in [0, 0.1) is 11.8 Å². The number of cyclic esters (lactones) is 2. The van der Waals surface area contributed by atoms with Crippen molar-refractivity contribution in [3.8, 4) is 0 Å². The molecule has 0 radical (unpaired) electrons. The zero-order valence-corrected chi connectivity index (χ0v) is 14.5. The maximum absolute atomic E-state index is 12.6. The Morgan fingerprint density at radius 2 is 1.23 bits per heavy atom. The van der Waals surface area contributed by atoms with E-state index >= 15 is 0 Å². The van der Waals surface area contributed by atoms with E-state index in [0.29, 0.717) is 24.7 Å². The molecule has 4 unspecified atom stereocenters. The zero-order valence-electron chi connectivity index (χ0n) is 14.5. The highest BCUT2D eigenvalue weighted by Crippen LogP contribution is 2.63. The molecule has 0 bridgehead atoms. The molecule has 6 heteroatoms. The Labute approximate surface area is 150 Å². The largest absolute Gasteiger partial charge is 0.431 e. The molecule has 6 nitrogen and oxygen atoms in total. The van der Waals surface area contributed by atoms with Crippen LogP contribution in [0.25, 0.3) is 0 Å². The van der Waals surface area contributed by atoms with Crippen LogP contribution in [0.1, 0.15) is 25.0 Å². The third kappa shape index (κ3) is 1.78. The molecule has 5 rings (SSSR count). The fourth-order valence-electron chi connectivity index (χ4n) is 4.74. The SMILES string of the molecule is CC1=CC23OCc4ccccc4COC24C=C(C)OC(=O)C4C3C(=O)O1. The van der Waals surface area contributed by atoms with E-state index in [-0.39, 0.29) is 0 Å². The molecule has 0 N–H and O–H groups in total. The third-order valence-corrected chi connectivity index (χ3v) is 5.79. The van der Waals surface area contributed by atoms with Crippen molar-refractivity contribution >= 4 is 11.9 Å². The van der Waals surface area contributed by atoms with Gasteiger partial charge in [0, 0.05) is 0 Å². The van der Waals surface area contributed by atoms with E-state index in [9.17, 15) is 9.59 Å². The lowest BCUT2D eigenvalue weighted by Gasteiger charge is -2.65. The molecule has 134 valence electrons. The zero-order chi connectivity index (χ0) is 18.1. The second-order valence-corrected chi connectivity index (χ2v) is 7.24. The van der Waals surface area contributed by atoms with E-state index in [1.807, 2.05) is 24.3 Å². The van der Waals surface area contributed by atoms with Gasteiger partial charge < -0.3 is 18.9 Å². The van der Waals surface area contributed by atoms with Crippen molar-refractivity contribution in [2.75, 3.05) is 0 Å². The maximum Gasteiger partial charge on any atom is 0.318 e. The highest BCUT2D eigenvalue weighted by atomic mass is 16.6. The van der Waals surface area contributed by atoms with Gasteiger partial charge in [0.25, 0.3) is 0 Å². The van der Waals surface area contributed by atoms with Crippen LogP contribution in [-0.4, -0.2) is 23.1 Å². The van der Waals surface area contributed by atoms with Gasteiger partial charge >= 0.3 is 11.9 Å². The van der Waals surface area contributed by atoms with E-state index in [2.05, 4.69) is 0 Å². The molecular weight excluding hydrogens is 336 g/mol. The van der Waals surface area contributed by atoms with Crippen molar-refractivity contribution in [3.05, 3.63) is 59.1 Å². The Balaban J connectivity index is 1.72. The second kappa shape index (κ2) is 5.05. The molecular formula is C20H18O6. The number of benzene rings is 1. The molecule has 0 saturated heterocycles. The number of ether oxygens (including phenoxy) is 4. The first-order valence-corrected chi connectivity index (χ1v) is 8.64. The van der Waals surface area contributed by atoms with Gasteiger partial charge in [0.1, 0.15) is 34.6 Å². The number of fused-ring (bicyclic) bond motifs is 2. The minimum atomic E-state index is -1.08. The normalized spacial score (nSPS) is 37.8. The van der Waals surface area contributed by atoms with Crippen molar-refractivity contribution in [2.45, 2.75) is 38.3 Å². The van der Waals surface area contributed by atoms with Crippen LogP contribution in [-0.2, 0) is 41.8 Å². The van der Waals surface area contributed by atoms with Crippen LogP contribution in [0.15, 0.2) is 47.9 Å². The van der Waals surface area contributed by atoms with Crippen LogP contribution >= 0.6 is 0 Å². The number of hydrogen-bond acceptors (Lipinski definition) is 6. The van der Waals surface area contributed by atoms with Crippen molar-refractivity contribution in [1.82, 2.24) is 0 Å². The van der Waals surface area contributed by atoms with Crippen LogP contribution in [0.4, 0.5) is 0 Å². The Hall–Kier alpha value is -2.44. The Morgan fingerprint density at radius 1 is 0.808 bits per heavy atom. The van der Waals surface area contributed by atoms with Gasteiger partial charge in [-0.2, -0.15) is 0 Å². The van der Waals surface area contributed by atoms with Gasteiger partial charge in [-0.05, 0) is 37.1 Å². The van der Waals surface area contributed by atoms with Gasteiger partial charge in [0.05, 0.1) is 13.2 Å².